The lowest BCUT2D eigenvalue weighted by atomic mass is 9.64. The predicted molar refractivity (Wildman–Crippen MR) is 48.4 cm³/mol. The van der Waals surface area contributed by atoms with Crippen LogP contribution in [0.4, 0.5) is 0 Å². The van der Waals surface area contributed by atoms with Gasteiger partial charge in [-0.25, -0.2) is 0 Å². The van der Waals surface area contributed by atoms with Crippen LogP contribution in [0.2, 0.25) is 12.6 Å². The van der Waals surface area contributed by atoms with Crippen LogP contribution in [0, 0.1) is 0 Å². The summed E-state index contributed by atoms with van der Waals surface area (Å²) >= 11 is 0. The molecule has 11 heavy (non-hydrogen) atoms. The summed E-state index contributed by atoms with van der Waals surface area (Å²) < 4.78 is 0. The number of rotatable bonds is 5. The van der Waals surface area contributed by atoms with Gasteiger partial charge < -0.3 is 9.90 Å². The Morgan fingerprint density at radius 1 is 1.64 bits per heavy atom. The Bertz CT molecular complexity index is 139. The molecule has 62 valence electrons. The van der Waals surface area contributed by atoms with Crippen LogP contribution in [0.3, 0.4) is 0 Å². The quantitative estimate of drug-likeness (QED) is 0.371. The predicted octanol–water partition coefficient (Wildman–Crippen LogP) is 1.70. The van der Waals surface area contributed by atoms with Crippen molar-refractivity contribution in [1.29, 1.82) is 0 Å². The smallest absolute Gasteiger partial charge is 0.121 e. The van der Waals surface area contributed by atoms with E-state index < -0.39 is 0 Å². The molecule has 0 aromatic rings. The molecule has 0 bridgehead atoms. The summed E-state index contributed by atoms with van der Waals surface area (Å²) in [6.07, 6.45) is 4.10. The summed E-state index contributed by atoms with van der Waals surface area (Å²) in [4.78, 5) is 10.1. The highest BCUT2D eigenvalue weighted by Gasteiger charge is 2.03. The Morgan fingerprint density at radius 2 is 2.27 bits per heavy atom. The van der Waals surface area contributed by atoms with Gasteiger partial charge in [0.2, 0.25) is 0 Å². The first-order valence-corrected chi connectivity index (χ1v) is 4.00. The van der Waals surface area contributed by atoms with E-state index in [0.29, 0.717) is 18.0 Å². The normalized spacial score (nSPS) is 14.2. The SMILES string of the molecule is CBC(CC=O)C/C=C(\C)O. The lowest BCUT2D eigenvalue weighted by Gasteiger charge is -2.05. The minimum absolute atomic E-state index is 0.342. The van der Waals surface area contributed by atoms with E-state index in [0.717, 1.165) is 20.0 Å². The Labute approximate surface area is 68.5 Å². The maximum Gasteiger partial charge on any atom is 0.121 e. The molecule has 0 rings (SSSR count). The van der Waals surface area contributed by atoms with Crippen molar-refractivity contribution in [3.63, 3.8) is 0 Å². The summed E-state index contributed by atoms with van der Waals surface area (Å²) in [6.45, 7) is 3.70. The fourth-order valence-corrected chi connectivity index (χ4v) is 0.903. The lowest BCUT2D eigenvalue weighted by Crippen LogP contribution is -1.99. The van der Waals surface area contributed by atoms with E-state index in [4.69, 9.17) is 5.11 Å². The first kappa shape index (κ1) is 10.3. The molecular formula is C8H15BO2. The second kappa shape index (κ2) is 6.02. The molecule has 0 radical (unpaired) electrons. The Balaban J connectivity index is 3.68. The molecule has 0 aliphatic rings. The summed E-state index contributed by atoms with van der Waals surface area (Å²) in [5, 5.41) is 8.84. The van der Waals surface area contributed by atoms with Gasteiger partial charge in [-0.2, -0.15) is 0 Å². The van der Waals surface area contributed by atoms with Gasteiger partial charge in [0.25, 0.3) is 0 Å². The van der Waals surface area contributed by atoms with Crippen LogP contribution in [0.25, 0.3) is 0 Å². The molecular weight excluding hydrogens is 139 g/mol. The highest BCUT2D eigenvalue weighted by Crippen LogP contribution is 2.13. The average molecular weight is 154 g/mol. The Morgan fingerprint density at radius 3 is 2.64 bits per heavy atom. The highest BCUT2D eigenvalue weighted by atomic mass is 16.3. The molecule has 0 heterocycles. The highest BCUT2D eigenvalue weighted by molar-refractivity contribution is 6.36. The van der Waals surface area contributed by atoms with Gasteiger partial charge in [0.15, 0.2) is 0 Å². The van der Waals surface area contributed by atoms with Gasteiger partial charge in [-0.3, -0.25) is 0 Å². The molecule has 0 saturated carbocycles. The van der Waals surface area contributed by atoms with Crippen molar-refractivity contribution in [2.75, 3.05) is 0 Å². The number of hydrogen-bond acceptors (Lipinski definition) is 2. The summed E-state index contributed by atoms with van der Waals surface area (Å²) in [5.74, 6) is 0.740. The van der Waals surface area contributed by atoms with Crippen LogP contribution in [0.5, 0.6) is 0 Å². The molecule has 0 amide bonds. The maximum absolute atomic E-state index is 10.1. The molecule has 0 aliphatic carbocycles. The van der Waals surface area contributed by atoms with Gasteiger partial charge in [0, 0.05) is 0 Å². The minimum atomic E-state index is 0.342. The molecule has 1 atom stereocenters. The number of aliphatic hydroxyl groups is 1. The van der Waals surface area contributed by atoms with Gasteiger partial charge in [0.05, 0.1) is 5.76 Å². The van der Waals surface area contributed by atoms with Crippen LogP contribution in [-0.4, -0.2) is 18.7 Å². The molecule has 0 aromatic heterocycles. The minimum Gasteiger partial charge on any atom is -0.513 e. The van der Waals surface area contributed by atoms with E-state index in [1.807, 2.05) is 0 Å². The lowest BCUT2D eigenvalue weighted by molar-refractivity contribution is -0.107. The van der Waals surface area contributed by atoms with Crippen molar-refractivity contribution in [1.82, 2.24) is 0 Å². The van der Waals surface area contributed by atoms with Crippen molar-refractivity contribution in [3.05, 3.63) is 11.8 Å². The Kier molecular flexibility index (Phi) is 5.62. The fraction of sp³-hybridized carbons (Fsp3) is 0.625. The van der Waals surface area contributed by atoms with Crippen LogP contribution in [0.1, 0.15) is 19.8 Å². The number of hydrogen-bond donors (Lipinski definition) is 1. The van der Waals surface area contributed by atoms with Crippen LogP contribution in [-0.2, 0) is 4.79 Å². The van der Waals surface area contributed by atoms with E-state index in [1.54, 1.807) is 13.0 Å². The molecule has 0 aliphatic heterocycles. The molecule has 1 N–H and O–H groups in total. The number of allylic oxidation sites excluding steroid dienone is 2. The first-order chi connectivity index (χ1) is 5.20. The van der Waals surface area contributed by atoms with Gasteiger partial charge in [-0.1, -0.05) is 12.6 Å². The summed E-state index contributed by atoms with van der Waals surface area (Å²) in [6, 6.07) is 0. The van der Waals surface area contributed by atoms with Gasteiger partial charge >= 0.3 is 0 Å². The van der Waals surface area contributed by atoms with Gasteiger partial charge in [-0.15, -0.1) is 0 Å². The van der Waals surface area contributed by atoms with Crippen molar-refractivity contribution in [2.24, 2.45) is 0 Å². The summed E-state index contributed by atoms with van der Waals surface area (Å²) in [5.41, 5.74) is 0. The van der Waals surface area contributed by atoms with Crippen molar-refractivity contribution in [3.8, 4) is 0 Å². The second-order valence-corrected chi connectivity index (χ2v) is 2.76. The van der Waals surface area contributed by atoms with E-state index in [2.05, 4.69) is 6.82 Å². The zero-order chi connectivity index (χ0) is 8.69. The van der Waals surface area contributed by atoms with Gasteiger partial charge in [0.1, 0.15) is 13.6 Å². The molecule has 3 heteroatoms. The third kappa shape index (κ3) is 5.71. The molecule has 0 saturated heterocycles. The molecule has 0 aromatic carbocycles. The Hall–Kier alpha value is -0.725. The van der Waals surface area contributed by atoms with Crippen LogP contribution in [0.15, 0.2) is 11.8 Å². The first-order valence-electron chi connectivity index (χ1n) is 4.00. The zero-order valence-corrected chi connectivity index (χ0v) is 7.21. The fourth-order valence-electron chi connectivity index (χ4n) is 0.903. The number of aliphatic hydroxyl groups excluding tert-OH is 1. The number of aldehydes is 1. The van der Waals surface area contributed by atoms with E-state index >= 15 is 0 Å². The van der Waals surface area contributed by atoms with Gasteiger partial charge in [-0.05, 0) is 25.8 Å². The largest absolute Gasteiger partial charge is 0.513 e. The molecule has 0 fully saturated rings. The molecule has 2 nitrogen and oxygen atoms in total. The molecule has 1 unspecified atom stereocenters. The topological polar surface area (TPSA) is 37.3 Å². The third-order valence-corrected chi connectivity index (χ3v) is 1.75. The second-order valence-electron chi connectivity index (χ2n) is 2.76. The average Bonchev–Trinajstić information content (AvgIpc) is 1.97. The number of carbonyl (C=O) groups is 1. The standard InChI is InChI=1S/C8H15BO2/c1-7(11)3-4-8(9-2)5-6-10/h3,6,8-9,11H,4-5H2,1-2H3/b7-3+. The van der Waals surface area contributed by atoms with E-state index in [1.165, 1.54) is 0 Å². The van der Waals surface area contributed by atoms with Crippen LogP contribution >= 0.6 is 0 Å². The maximum atomic E-state index is 10.1. The van der Waals surface area contributed by atoms with E-state index in [-0.39, 0.29) is 0 Å². The molecule has 0 spiro atoms. The monoisotopic (exact) mass is 154 g/mol. The van der Waals surface area contributed by atoms with E-state index in [9.17, 15) is 4.79 Å². The zero-order valence-electron chi connectivity index (χ0n) is 7.21. The van der Waals surface area contributed by atoms with Crippen molar-refractivity contribution >= 4 is 13.6 Å². The summed E-state index contributed by atoms with van der Waals surface area (Å²) in [7, 11) is 0.989. The van der Waals surface area contributed by atoms with Crippen molar-refractivity contribution in [2.45, 2.75) is 32.4 Å². The number of carbonyl (C=O) groups excluding carboxylic acids is 1. The van der Waals surface area contributed by atoms with Crippen molar-refractivity contribution < 1.29 is 9.90 Å². The van der Waals surface area contributed by atoms with Crippen LogP contribution < -0.4 is 0 Å². The third-order valence-electron chi connectivity index (χ3n) is 1.75.